The number of hydrogen-bond acceptors (Lipinski definition) is 8. The number of carbonyl (C=O) groups excluding carboxylic acids is 1. The Labute approximate surface area is 226 Å². The van der Waals surface area contributed by atoms with Gasteiger partial charge in [-0.2, -0.15) is 10.4 Å². The summed E-state index contributed by atoms with van der Waals surface area (Å²) in [5, 5.41) is 24.0. The lowest BCUT2D eigenvalue weighted by atomic mass is 10.1. The molecule has 1 N–H and O–H groups in total. The van der Waals surface area contributed by atoms with E-state index in [1.54, 1.807) is 54.1 Å². The van der Waals surface area contributed by atoms with Crippen molar-refractivity contribution in [2.45, 2.75) is 19.4 Å². The predicted octanol–water partition coefficient (Wildman–Crippen LogP) is 2.51. The number of aliphatic hydroxyl groups is 1. The van der Waals surface area contributed by atoms with Gasteiger partial charge in [-0.1, -0.05) is 5.92 Å². The van der Waals surface area contributed by atoms with Crippen LogP contribution in [0.15, 0.2) is 61.3 Å². The fourth-order valence-corrected chi connectivity index (χ4v) is 4.25. The van der Waals surface area contributed by atoms with Gasteiger partial charge in [0, 0.05) is 67.4 Å². The standard InChI is InChI=1S/C29H27N7O3/c1-29(2,38)20-39-24-14-25(28-23(15-30)18-33-36(28)19-24)22-6-7-26(32-17-22)34-10-12-35(13-11-34)27(37)8-5-21-4-3-9-31-16-21/h3-4,6-7,9,14,16-19,38H,10-13,20H2,1-2H3. The van der Waals surface area contributed by atoms with Gasteiger partial charge < -0.3 is 19.6 Å². The van der Waals surface area contributed by atoms with E-state index >= 15 is 0 Å². The van der Waals surface area contributed by atoms with Gasteiger partial charge in [-0.05, 0) is 44.2 Å². The fraction of sp³-hybridized carbons (Fsp3) is 0.276. The van der Waals surface area contributed by atoms with Crippen molar-refractivity contribution in [2.75, 3.05) is 37.7 Å². The minimum absolute atomic E-state index is 0.102. The first kappa shape index (κ1) is 25.7. The highest BCUT2D eigenvalue weighted by Crippen LogP contribution is 2.31. The lowest BCUT2D eigenvalue weighted by Crippen LogP contribution is -2.48. The molecule has 0 atom stereocenters. The third kappa shape index (κ3) is 5.98. The lowest BCUT2D eigenvalue weighted by molar-refractivity contribution is -0.125. The van der Waals surface area contributed by atoms with E-state index in [1.165, 1.54) is 6.20 Å². The van der Waals surface area contributed by atoms with Crippen molar-refractivity contribution < 1.29 is 14.6 Å². The van der Waals surface area contributed by atoms with Crippen molar-refractivity contribution in [1.29, 1.82) is 5.26 Å². The summed E-state index contributed by atoms with van der Waals surface area (Å²) in [6, 6.07) is 11.5. The van der Waals surface area contributed by atoms with Gasteiger partial charge in [0.2, 0.25) is 0 Å². The summed E-state index contributed by atoms with van der Waals surface area (Å²) in [7, 11) is 0. The fourth-order valence-electron chi connectivity index (χ4n) is 4.25. The molecule has 1 aliphatic rings. The topological polar surface area (TPSA) is 120 Å². The molecule has 0 aromatic carbocycles. The van der Waals surface area contributed by atoms with Crippen LogP contribution in [0.1, 0.15) is 25.0 Å². The van der Waals surface area contributed by atoms with Crippen molar-refractivity contribution >= 4 is 17.2 Å². The van der Waals surface area contributed by atoms with Gasteiger partial charge in [0.15, 0.2) is 0 Å². The van der Waals surface area contributed by atoms with Gasteiger partial charge in [-0.25, -0.2) is 9.50 Å². The molecule has 4 aromatic rings. The molecule has 4 aromatic heterocycles. The van der Waals surface area contributed by atoms with Crippen molar-refractivity contribution in [2.24, 2.45) is 0 Å². The number of fused-ring (bicyclic) bond motifs is 1. The van der Waals surface area contributed by atoms with Crippen molar-refractivity contribution in [3.63, 3.8) is 0 Å². The van der Waals surface area contributed by atoms with Crippen molar-refractivity contribution in [3.05, 3.63) is 72.4 Å². The number of nitrogens with zero attached hydrogens (tertiary/aromatic N) is 7. The molecule has 1 fully saturated rings. The minimum Gasteiger partial charge on any atom is -0.489 e. The van der Waals surface area contributed by atoms with Gasteiger partial charge in [0.05, 0.1) is 29.1 Å². The second-order valence-corrected chi connectivity index (χ2v) is 9.83. The van der Waals surface area contributed by atoms with Crippen LogP contribution in [0.2, 0.25) is 0 Å². The Balaban J connectivity index is 1.31. The molecule has 39 heavy (non-hydrogen) atoms. The maximum absolute atomic E-state index is 12.5. The number of aromatic nitrogens is 4. The van der Waals surface area contributed by atoms with Crippen LogP contribution in [-0.4, -0.2) is 73.9 Å². The molecule has 1 amide bonds. The van der Waals surface area contributed by atoms with Gasteiger partial charge in [-0.15, -0.1) is 0 Å². The summed E-state index contributed by atoms with van der Waals surface area (Å²) in [5.41, 5.74) is 2.35. The van der Waals surface area contributed by atoms with Crippen molar-refractivity contribution in [1.82, 2.24) is 24.5 Å². The van der Waals surface area contributed by atoms with E-state index in [9.17, 15) is 15.2 Å². The number of nitriles is 1. The summed E-state index contributed by atoms with van der Waals surface area (Å²) in [6.07, 6.45) is 8.26. The second-order valence-electron chi connectivity index (χ2n) is 9.83. The summed E-state index contributed by atoms with van der Waals surface area (Å²) >= 11 is 0. The van der Waals surface area contributed by atoms with Crippen LogP contribution in [0.5, 0.6) is 5.75 Å². The molecular weight excluding hydrogens is 494 g/mol. The van der Waals surface area contributed by atoms with E-state index < -0.39 is 5.60 Å². The Morgan fingerprint density at radius 2 is 1.97 bits per heavy atom. The third-order valence-corrected chi connectivity index (χ3v) is 6.22. The van der Waals surface area contributed by atoms with E-state index in [0.29, 0.717) is 48.6 Å². The Morgan fingerprint density at radius 3 is 2.64 bits per heavy atom. The monoisotopic (exact) mass is 521 g/mol. The number of amides is 1. The molecule has 0 aliphatic carbocycles. The van der Waals surface area contributed by atoms with Crippen LogP contribution in [0, 0.1) is 23.2 Å². The largest absolute Gasteiger partial charge is 0.489 e. The van der Waals surface area contributed by atoms with E-state index in [2.05, 4.69) is 37.9 Å². The molecule has 5 heterocycles. The van der Waals surface area contributed by atoms with E-state index in [1.807, 2.05) is 24.3 Å². The zero-order chi connectivity index (χ0) is 27.4. The summed E-state index contributed by atoms with van der Waals surface area (Å²) in [6.45, 7) is 5.81. The number of carbonyl (C=O) groups is 1. The highest BCUT2D eigenvalue weighted by molar-refractivity contribution is 5.94. The first-order chi connectivity index (χ1) is 18.8. The number of ether oxygens (including phenoxy) is 1. The van der Waals surface area contributed by atoms with Gasteiger partial charge in [0.1, 0.15) is 24.2 Å². The zero-order valence-corrected chi connectivity index (χ0v) is 21.7. The average molecular weight is 522 g/mol. The van der Waals surface area contributed by atoms with Crippen molar-refractivity contribution in [3.8, 4) is 34.8 Å². The number of pyridine rings is 3. The summed E-state index contributed by atoms with van der Waals surface area (Å²) in [4.78, 5) is 25.1. The normalized spacial score (nSPS) is 13.5. The van der Waals surface area contributed by atoms with Gasteiger partial charge >= 0.3 is 0 Å². The third-order valence-electron chi connectivity index (χ3n) is 6.22. The van der Waals surface area contributed by atoms with E-state index in [-0.39, 0.29) is 12.5 Å². The summed E-state index contributed by atoms with van der Waals surface area (Å²) < 4.78 is 7.41. The van der Waals surface area contributed by atoms with E-state index in [4.69, 9.17) is 4.74 Å². The molecule has 1 aliphatic heterocycles. The average Bonchev–Trinajstić information content (AvgIpc) is 3.38. The highest BCUT2D eigenvalue weighted by Gasteiger charge is 2.22. The molecule has 0 bridgehead atoms. The predicted molar refractivity (Wildman–Crippen MR) is 145 cm³/mol. The molecule has 10 nitrogen and oxygen atoms in total. The van der Waals surface area contributed by atoms with Crippen LogP contribution in [-0.2, 0) is 4.79 Å². The zero-order valence-electron chi connectivity index (χ0n) is 21.7. The van der Waals surface area contributed by atoms with Gasteiger partial charge in [0.25, 0.3) is 5.91 Å². The molecule has 5 rings (SSSR count). The number of piperazine rings is 1. The lowest BCUT2D eigenvalue weighted by Gasteiger charge is -2.34. The Bertz CT molecular complexity index is 1580. The minimum atomic E-state index is -0.999. The van der Waals surface area contributed by atoms with Crippen LogP contribution in [0.3, 0.4) is 0 Å². The van der Waals surface area contributed by atoms with E-state index in [0.717, 1.165) is 16.9 Å². The molecule has 10 heteroatoms. The quantitative estimate of drug-likeness (QED) is 0.398. The maximum atomic E-state index is 12.5. The number of rotatable bonds is 5. The molecule has 0 spiro atoms. The maximum Gasteiger partial charge on any atom is 0.298 e. The van der Waals surface area contributed by atoms with Gasteiger partial charge in [-0.3, -0.25) is 9.78 Å². The van der Waals surface area contributed by atoms with Crippen LogP contribution >= 0.6 is 0 Å². The number of anilines is 1. The number of hydrogen-bond donors (Lipinski definition) is 1. The second kappa shape index (κ2) is 10.8. The highest BCUT2D eigenvalue weighted by atomic mass is 16.5. The van der Waals surface area contributed by atoms with Crippen LogP contribution in [0.4, 0.5) is 5.82 Å². The molecule has 0 radical (unpaired) electrons. The SMILES string of the molecule is CC(C)(O)COc1cc(-c2ccc(N3CCN(C(=O)C#Cc4cccnc4)CC3)nc2)c2c(C#N)cnn2c1. The Hall–Kier alpha value is -4.93. The summed E-state index contributed by atoms with van der Waals surface area (Å²) in [5.74, 6) is 6.68. The Morgan fingerprint density at radius 1 is 1.15 bits per heavy atom. The molecule has 0 unspecified atom stereocenters. The first-order valence-corrected chi connectivity index (χ1v) is 12.5. The molecular formula is C29H27N7O3. The molecule has 1 saturated heterocycles. The van der Waals surface area contributed by atoms with Crippen LogP contribution in [0.25, 0.3) is 16.6 Å². The smallest absolute Gasteiger partial charge is 0.298 e. The van der Waals surface area contributed by atoms with Crippen LogP contribution < -0.4 is 9.64 Å². The Kier molecular flexibility index (Phi) is 7.13. The molecule has 0 saturated carbocycles. The first-order valence-electron chi connectivity index (χ1n) is 12.5. The molecule has 196 valence electrons.